The molecule has 3 heteroatoms. The average molecular weight is 245 g/mol. The average Bonchev–Trinajstić information content (AvgIpc) is 2.53. The largest absolute Gasteiger partial charge is 0.270 e. The lowest BCUT2D eigenvalue weighted by molar-refractivity contribution is 0.525. The maximum Gasteiger partial charge on any atom is 0.0624 e. The van der Waals surface area contributed by atoms with Gasteiger partial charge in [-0.25, -0.2) is 0 Å². The Morgan fingerprint density at radius 2 is 2.23 bits per heavy atom. The molecule has 0 amide bonds. The number of nitrogens with zero attached hydrogens (tertiary/aromatic N) is 2. The Bertz CT molecular complexity index is 243. The van der Waals surface area contributed by atoms with Crippen LogP contribution in [0.1, 0.15) is 38.4 Å². The third kappa shape index (κ3) is 3.51. The molecular formula is C10H17BrN2. The Kier molecular flexibility index (Phi) is 4.50. The van der Waals surface area contributed by atoms with E-state index in [-0.39, 0.29) is 0 Å². The fourth-order valence-corrected chi connectivity index (χ4v) is 1.60. The summed E-state index contributed by atoms with van der Waals surface area (Å²) < 4.78 is 2.02. The van der Waals surface area contributed by atoms with Crippen LogP contribution in [-0.4, -0.2) is 15.1 Å². The first-order valence-corrected chi connectivity index (χ1v) is 5.96. The van der Waals surface area contributed by atoms with Crippen LogP contribution < -0.4 is 0 Å². The fraction of sp³-hybridized carbons (Fsp3) is 0.700. The van der Waals surface area contributed by atoms with Gasteiger partial charge >= 0.3 is 0 Å². The summed E-state index contributed by atoms with van der Waals surface area (Å²) in [4.78, 5) is 0. The number of hydrogen-bond acceptors (Lipinski definition) is 1. The van der Waals surface area contributed by atoms with Gasteiger partial charge in [-0.3, -0.25) is 4.68 Å². The predicted molar refractivity (Wildman–Crippen MR) is 59.3 cm³/mol. The molecular weight excluding hydrogens is 228 g/mol. The quantitative estimate of drug-likeness (QED) is 0.575. The monoisotopic (exact) mass is 244 g/mol. The van der Waals surface area contributed by atoms with Crippen molar-refractivity contribution in [2.24, 2.45) is 0 Å². The van der Waals surface area contributed by atoms with Crippen molar-refractivity contribution < 1.29 is 0 Å². The Morgan fingerprint density at radius 1 is 1.46 bits per heavy atom. The van der Waals surface area contributed by atoms with E-state index in [0.29, 0.717) is 6.04 Å². The number of rotatable bonds is 5. The molecule has 0 saturated heterocycles. The Balaban J connectivity index is 2.40. The third-order valence-corrected chi connectivity index (χ3v) is 2.57. The minimum Gasteiger partial charge on any atom is -0.270 e. The second-order valence-electron chi connectivity index (χ2n) is 3.53. The summed E-state index contributed by atoms with van der Waals surface area (Å²) in [6, 6.07) is 2.60. The molecule has 0 radical (unpaired) electrons. The number of aryl methyl sites for hydroxylation is 1. The van der Waals surface area contributed by atoms with Crippen molar-refractivity contribution in [1.82, 2.24) is 9.78 Å². The van der Waals surface area contributed by atoms with Crippen LogP contribution in [0, 0.1) is 0 Å². The molecule has 0 atom stereocenters. The summed E-state index contributed by atoms with van der Waals surface area (Å²) in [5.74, 6) is 0. The van der Waals surface area contributed by atoms with Gasteiger partial charge in [-0.05, 0) is 39.2 Å². The van der Waals surface area contributed by atoms with Crippen LogP contribution in [0.3, 0.4) is 0 Å². The number of hydrogen-bond donors (Lipinski definition) is 0. The van der Waals surface area contributed by atoms with Crippen LogP contribution >= 0.6 is 15.9 Å². The van der Waals surface area contributed by atoms with Crippen LogP contribution in [0.2, 0.25) is 0 Å². The highest BCUT2D eigenvalue weighted by atomic mass is 79.9. The maximum absolute atomic E-state index is 4.48. The van der Waals surface area contributed by atoms with E-state index < -0.39 is 0 Å². The van der Waals surface area contributed by atoms with Gasteiger partial charge in [0.05, 0.1) is 5.69 Å². The molecule has 0 spiro atoms. The first-order chi connectivity index (χ1) is 6.24. The van der Waals surface area contributed by atoms with E-state index in [4.69, 9.17) is 0 Å². The minimum atomic E-state index is 0.477. The maximum atomic E-state index is 4.48. The molecule has 1 heterocycles. The predicted octanol–water partition coefficient (Wildman–Crippen LogP) is 3.18. The molecule has 74 valence electrons. The second-order valence-corrected chi connectivity index (χ2v) is 4.32. The lowest BCUT2D eigenvalue weighted by Crippen LogP contribution is -2.01. The van der Waals surface area contributed by atoms with E-state index >= 15 is 0 Å². The van der Waals surface area contributed by atoms with Crippen molar-refractivity contribution in [2.75, 3.05) is 5.33 Å². The van der Waals surface area contributed by atoms with Gasteiger partial charge in [0.2, 0.25) is 0 Å². The molecule has 13 heavy (non-hydrogen) atoms. The van der Waals surface area contributed by atoms with E-state index in [1.807, 2.05) is 4.68 Å². The molecule has 0 N–H and O–H groups in total. The van der Waals surface area contributed by atoms with Crippen molar-refractivity contribution in [3.8, 4) is 0 Å². The molecule has 0 aliphatic rings. The lowest BCUT2D eigenvalue weighted by Gasteiger charge is -2.03. The first-order valence-electron chi connectivity index (χ1n) is 4.84. The van der Waals surface area contributed by atoms with Crippen molar-refractivity contribution in [2.45, 2.75) is 39.2 Å². The lowest BCUT2D eigenvalue weighted by atomic mass is 10.2. The molecule has 0 fully saturated rings. The third-order valence-electron chi connectivity index (χ3n) is 2.01. The topological polar surface area (TPSA) is 17.8 Å². The van der Waals surface area contributed by atoms with Gasteiger partial charge in [-0.2, -0.15) is 5.10 Å². The Labute approximate surface area is 88.5 Å². The summed E-state index contributed by atoms with van der Waals surface area (Å²) in [6.45, 7) is 4.30. The molecule has 0 saturated carbocycles. The van der Waals surface area contributed by atoms with Crippen molar-refractivity contribution in [3.63, 3.8) is 0 Å². The van der Waals surface area contributed by atoms with E-state index in [2.05, 4.69) is 47.1 Å². The zero-order valence-electron chi connectivity index (χ0n) is 8.33. The van der Waals surface area contributed by atoms with Gasteiger partial charge in [0.1, 0.15) is 0 Å². The summed E-state index contributed by atoms with van der Waals surface area (Å²) in [5, 5.41) is 5.58. The summed E-state index contributed by atoms with van der Waals surface area (Å²) in [7, 11) is 0. The summed E-state index contributed by atoms with van der Waals surface area (Å²) >= 11 is 3.43. The van der Waals surface area contributed by atoms with Crippen LogP contribution in [-0.2, 0) is 6.42 Å². The minimum absolute atomic E-state index is 0.477. The Morgan fingerprint density at radius 3 is 2.77 bits per heavy atom. The number of alkyl halides is 1. The van der Waals surface area contributed by atoms with Crippen molar-refractivity contribution in [1.29, 1.82) is 0 Å². The van der Waals surface area contributed by atoms with E-state index in [9.17, 15) is 0 Å². The second kappa shape index (κ2) is 5.43. The fourth-order valence-electron chi connectivity index (χ4n) is 1.20. The van der Waals surface area contributed by atoms with Crippen LogP contribution in [0.25, 0.3) is 0 Å². The molecule has 0 aromatic carbocycles. The van der Waals surface area contributed by atoms with Gasteiger partial charge < -0.3 is 0 Å². The number of aromatic nitrogens is 2. The molecule has 1 aromatic heterocycles. The zero-order chi connectivity index (χ0) is 9.68. The van der Waals surface area contributed by atoms with Gasteiger partial charge in [0, 0.05) is 17.6 Å². The Hall–Kier alpha value is -0.310. The van der Waals surface area contributed by atoms with E-state index in [1.54, 1.807) is 0 Å². The standard InChI is InChI=1S/C10H17BrN2/c1-9(2)13-8-6-10(12-13)5-3-4-7-11/h6,8-9H,3-5,7H2,1-2H3. The molecule has 1 rings (SSSR count). The van der Waals surface area contributed by atoms with Gasteiger partial charge in [0.15, 0.2) is 0 Å². The zero-order valence-corrected chi connectivity index (χ0v) is 9.92. The van der Waals surface area contributed by atoms with Crippen molar-refractivity contribution in [3.05, 3.63) is 18.0 Å². The number of unbranched alkanes of at least 4 members (excludes halogenated alkanes) is 1. The smallest absolute Gasteiger partial charge is 0.0624 e. The van der Waals surface area contributed by atoms with Crippen molar-refractivity contribution >= 4 is 15.9 Å². The molecule has 0 bridgehead atoms. The van der Waals surface area contributed by atoms with Crippen LogP contribution in [0.15, 0.2) is 12.3 Å². The highest BCUT2D eigenvalue weighted by Gasteiger charge is 2.00. The molecule has 1 aromatic rings. The van der Waals surface area contributed by atoms with Crippen LogP contribution in [0.4, 0.5) is 0 Å². The molecule has 2 nitrogen and oxygen atoms in total. The van der Waals surface area contributed by atoms with Gasteiger partial charge in [0.25, 0.3) is 0 Å². The van der Waals surface area contributed by atoms with Crippen LogP contribution in [0.5, 0.6) is 0 Å². The molecule has 0 aliphatic carbocycles. The summed E-state index contributed by atoms with van der Waals surface area (Å²) in [6.07, 6.45) is 5.62. The first kappa shape index (κ1) is 10.8. The molecule has 0 aliphatic heterocycles. The SMILES string of the molecule is CC(C)n1ccc(CCCCBr)n1. The van der Waals surface area contributed by atoms with E-state index in [0.717, 1.165) is 11.8 Å². The van der Waals surface area contributed by atoms with E-state index in [1.165, 1.54) is 18.5 Å². The highest BCUT2D eigenvalue weighted by molar-refractivity contribution is 9.09. The normalized spacial score (nSPS) is 11.1. The highest BCUT2D eigenvalue weighted by Crippen LogP contribution is 2.07. The van der Waals surface area contributed by atoms with Gasteiger partial charge in [-0.1, -0.05) is 15.9 Å². The molecule has 0 unspecified atom stereocenters. The number of halogens is 1. The summed E-state index contributed by atoms with van der Waals surface area (Å²) in [5.41, 5.74) is 1.22. The van der Waals surface area contributed by atoms with Gasteiger partial charge in [-0.15, -0.1) is 0 Å².